The summed E-state index contributed by atoms with van der Waals surface area (Å²) in [7, 11) is 0. The molecule has 0 radical (unpaired) electrons. The Morgan fingerprint density at radius 3 is 2.29 bits per heavy atom. The van der Waals surface area contributed by atoms with E-state index in [0.717, 1.165) is 24.8 Å². The average Bonchev–Trinajstić information content (AvgIpc) is 2.34. The van der Waals surface area contributed by atoms with Crippen LogP contribution in [0.25, 0.3) is 0 Å². The van der Waals surface area contributed by atoms with Crippen molar-refractivity contribution in [2.45, 2.75) is 26.2 Å². The fraction of sp³-hybridized carbons (Fsp3) is 0.250. The molecule has 0 saturated carbocycles. The lowest BCUT2D eigenvalue weighted by Gasteiger charge is -2.04. The van der Waals surface area contributed by atoms with Crippen molar-refractivity contribution in [3.63, 3.8) is 0 Å². The zero-order chi connectivity index (χ0) is 12.1. The molecular weight excluding hydrogens is 211 g/mol. The molecule has 0 bridgehead atoms. The van der Waals surface area contributed by atoms with Crippen molar-refractivity contribution in [2.24, 2.45) is 0 Å². The van der Waals surface area contributed by atoms with Crippen LogP contribution in [0.4, 0.5) is 4.39 Å². The van der Waals surface area contributed by atoms with Gasteiger partial charge in [0, 0.05) is 0 Å². The summed E-state index contributed by atoms with van der Waals surface area (Å²) in [5, 5.41) is 0. The van der Waals surface area contributed by atoms with E-state index in [1.54, 1.807) is 6.07 Å². The smallest absolute Gasteiger partial charge is 0.126 e. The van der Waals surface area contributed by atoms with Gasteiger partial charge in [0.05, 0.1) is 0 Å². The molecule has 17 heavy (non-hydrogen) atoms. The van der Waals surface area contributed by atoms with E-state index in [1.807, 2.05) is 12.1 Å². The van der Waals surface area contributed by atoms with Crippen molar-refractivity contribution < 1.29 is 4.39 Å². The fourth-order valence-corrected chi connectivity index (χ4v) is 1.94. The maximum atomic E-state index is 13.4. The molecule has 2 aromatic carbocycles. The van der Waals surface area contributed by atoms with Gasteiger partial charge in [0.2, 0.25) is 0 Å². The van der Waals surface area contributed by atoms with Crippen LogP contribution in [0.3, 0.4) is 0 Å². The van der Waals surface area contributed by atoms with Gasteiger partial charge in [-0.05, 0) is 43.4 Å². The molecule has 0 saturated heterocycles. The minimum atomic E-state index is -0.0867. The van der Waals surface area contributed by atoms with E-state index in [0.29, 0.717) is 0 Å². The zero-order valence-corrected chi connectivity index (χ0v) is 10.1. The Bertz CT molecular complexity index is 471. The van der Waals surface area contributed by atoms with Gasteiger partial charge in [-0.1, -0.05) is 48.0 Å². The lowest BCUT2D eigenvalue weighted by Crippen LogP contribution is -1.93. The standard InChI is InChI=1S/C16H17F/c1-13-9-11-14(12-10-13)5-4-7-15-6-2-3-8-16(15)17/h2-3,6,8-12H,4-5,7H2,1H3. The molecule has 0 N–H and O–H groups in total. The Hall–Kier alpha value is -1.63. The van der Waals surface area contributed by atoms with Gasteiger partial charge >= 0.3 is 0 Å². The van der Waals surface area contributed by atoms with Crippen LogP contribution < -0.4 is 0 Å². The lowest BCUT2D eigenvalue weighted by molar-refractivity contribution is 0.604. The molecule has 0 fully saturated rings. The second kappa shape index (κ2) is 5.62. The molecule has 1 heteroatoms. The normalized spacial score (nSPS) is 10.5. The largest absolute Gasteiger partial charge is 0.207 e. The lowest BCUT2D eigenvalue weighted by atomic mass is 10.0. The predicted molar refractivity (Wildman–Crippen MR) is 69.6 cm³/mol. The Balaban J connectivity index is 1.88. The highest BCUT2D eigenvalue weighted by Gasteiger charge is 2.00. The predicted octanol–water partition coefficient (Wildman–Crippen LogP) is 4.31. The van der Waals surface area contributed by atoms with Gasteiger partial charge in [-0.15, -0.1) is 0 Å². The minimum absolute atomic E-state index is 0.0867. The number of rotatable bonds is 4. The van der Waals surface area contributed by atoms with E-state index < -0.39 is 0 Å². The van der Waals surface area contributed by atoms with Crippen LogP contribution in [0.5, 0.6) is 0 Å². The minimum Gasteiger partial charge on any atom is -0.207 e. The van der Waals surface area contributed by atoms with Crippen LogP contribution in [0.2, 0.25) is 0 Å². The SMILES string of the molecule is Cc1ccc(CCCc2ccccc2F)cc1. The maximum Gasteiger partial charge on any atom is 0.126 e. The van der Waals surface area contributed by atoms with Crippen molar-refractivity contribution in [2.75, 3.05) is 0 Å². The first kappa shape index (κ1) is 11.8. The number of aryl methyl sites for hydroxylation is 3. The van der Waals surface area contributed by atoms with Crippen molar-refractivity contribution in [1.82, 2.24) is 0 Å². The summed E-state index contributed by atoms with van der Waals surface area (Å²) in [5.41, 5.74) is 3.43. The summed E-state index contributed by atoms with van der Waals surface area (Å²) in [6.07, 6.45) is 2.80. The van der Waals surface area contributed by atoms with Gasteiger partial charge in [0.1, 0.15) is 5.82 Å². The molecule has 0 heterocycles. The summed E-state index contributed by atoms with van der Waals surface area (Å²) in [5.74, 6) is -0.0867. The third-order valence-electron chi connectivity index (χ3n) is 2.99. The van der Waals surface area contributed by atoms with E-state index in [9.17, 15) is 4.39 Å². The molecule has 0 unspecified atom stereocenters. The van der Waals surface area contributed by atoms with Gasteiger partial charge in [-0.25, -0.2) is 4.39 Å². The topological polar surface area (TPSA) is 0 Å². The molecule has 88 valence electrons. The van der Waals surface area contributed by atoms with E-state index in [1.165, 1.54) is 17.2 Å². The van der Waals surface area contributed by atoms with Gasteiger partial charge in [0.15, 0.2) is 0 Å². The molecule has 0 nitrogen and oxygen atoms in total. The van der Waals surface area contributed by atoms with Crippen molar-refractivity contribution in [3.05, 3.63) is 71.0 Å². The Morgan fingerprint density at radius 2 is 1.59 bits per heavy atom. The molecule has 2 aromatic rings. The highest BCUT2D eigenvalue weighted by atomic mass is 19.1. The third-order valence-corrected chi connectivity index (χ3v) is 2.99. The van der Waals surface area contributed by atoms with Crippen LogP contribution in [0.1, 0.15) is 23.1 Å². The third kappa shape index (κ3) is 3.42. The van der Waals surface area contributed by atoms with Crippen LogP contribution in [-0.2, 0) is 12.8 Å². The average molecular weight is 228 g/mol. The molecule has 0 aliphatic carbocycles. The number of halogens is 1. The zero-order valence-electron chi connectivity index (χ0n) is 10.1. The highest BCUT2D eigenvalue weighted by Crippen LogP contribution is 2.12. The van der Waals surface area contributed by atoms with Gasteiger partial charge < -0.3 is 0 Å². The second-order valence-electron chi connectivity index (χ2n) is 4.43. The summed E-state index contributed by atoms with van der Waals surface area (Å²) in [6.45, 7) is 2.09. The Kier molecular flexibility index (Phi) is 3.92. The maximum absolute atomic E-state index is 13.4. The highest BCUT2D eigenvalue weighted by molar-refractivity contribution is 5.22. The summed E-state index contributed by atoms with van der Waals surface area (Å²) in [6, 6.07) is 15.6. The Labute approximate surface area is 102 Å². The molecule has 0 aliphatic rings. The van der Waals surface area contributed by atoms with Crippen LogP contribution >= 0.6 is 0 Å². The van der Waals surface area contributed by atoms with Crippen molar-refractivity contribution in [1.29, 1.82) is 0 Å². The van der Waals surface area contributed by atoms with E-state index in [-0.39, 0.29) is 5.82 Å². The summed E-state index contributed by atoms with van der Waals surface area (Å²) in [4.78, 5) is 0. The summed E-state index contributed by atoms with van der Waals surface area (Å²) < 4.78 is 13.4. The number of hydrogen-bond acceptors (Lipinski definition) is 0. The van der Waals surface area contributed by atoms with Gasteiger partial charge in [-0.2, -0.15) is 0 Å². The first-order valence-corrected chi connectivity index (χ1v) is 6.04. The van der Waals surface area contributed by atoms with Gasteiger partial charge in [-0.3, -0.25) is 0 Å². The van der Waals surface area contributed by atoms with E-state index in [2.05, 4.69) is 31.2 Å². The molecule has 0 spiro atoms. The first-order chi connectivity index (χ1) is 8.25. The molecule has 0 aromatic heterocycles. The second-order valence-corrected chi connectivity index (χ2v) is 4.43. The monoisotopic (exact) mass is 228 g/mol. The molecule has 0 aliphatic heterocycles. The number of benzene rings is 2. The van der Waals surface area contributed by atoms with Crippen molar-refractivity contribution in [3.8, 4) is 0 Å². The van der Waals surface area contributed by atoms with Crippen LogP contribution in [0.15, 0.2) is 48.5 Å². The van der Waals surface area contributed by atoms with Gasteiger partial charge in [0.25, 0.3) is 0 Å². The van der Waals surface area contributed by atoms with E-state index >= 15 is 0 Å². The quantitative estimate of drug-likeness (QED) is 0.731. The molecular formula is C16H17F. The Morgan fingerprint density at radius 1 is 0.882 bits per heavy atom. The first-order valence-electron chi connectivity index (χ1n) is 6.04. The van der Waals surface area contributed by atoms with Crippen LogP contribution in [-0.4, -0.2) is 0 Å². The summed E-state index contributed by atoms with van der Waals surface area (Å²) >= 11 is 0. The molecule has 0 amide bonds. The van der Waals surface area contributed by atoms with E-state index in [4.69, 9.17) is 0 Å². The molecule has 0 atom stereocenters. The fourth-order valence-electron chi connectivity index (χ4n) is 1.94. The molecule has 2 rings (SSSR count). The van der Waals surface area contributed by atoms with Crippen molar-refractivity contribution >= 4 is 0 Å². The van der Waals surface area contributed by atoms with Crippen LogP contribution in [0, 0.1) is 12.7 Å². The number of hydrogen-bond donors (Lipinski definition) is 0.